The highest BCUT2D eigenvalue weighted by Gasteiger charge is 2.61. The fourth-order valence-corrected chi connectivity index (χ4v) is 3.63. The van der Waals surface area contributed by atoms with E-state index >= 15 is 0 Å². The zero-order valence-electron chi connectivity index (χ0n) is 11.7. The second-order valence-corrected chi connectivity index (χ2v) is 5.94. The van der Waals surface area contributed by atoms with E-state index < -0.39 is 30.6 Å². The molecule has 0 saturated carbocycles. The van der Waals surface area contributed by atoms with Gasteiger partial charge in [-0.15, -0.1) is 11.3 Å². The largest absolute Gasteiger partial charge is 0.397 e. The van der Waals surface area contributed by atoms with Crippen LogP contribution < -0.4 is 5.73 Å². The van der Waals surface area contributed by atoms with Gasteiger partial charge in [-0.05, 0) is 17.0 Å². The minimum absolute atomic E-state index is 0.545. The molecule has 9 nitrogen and oxygen atoms in total. The number of hydrogen-bond acceptors (Lipinski definition) is 7. The lowest BCUT2D eigenvalue weighted by Gasteiger charge is -2.16. The van der Waals surface area contributed by atoms with Gasteiger partial charge in [0.15, 0.2) is 12.7 Å². The topological polar surface area (TPSA) is 142 Å². The molecule has 0 amide bonds. The van der Waals surface area contributed by atoms with Gasteiger partial charge in [0.25, 0.3) is 0 Å². The molecule has 4 atom stereocenters. The van der Waals surface area contributed by atoms with Gasteiger partial charge in [-0.25, -0.2) is 6.57 Å². The predicted octanol–water partition coefficient (Wildman–Crippen LogP) is 1.60. The van der Waals surface area contributed by atoms with E-state index in [0.29, 0.717) is 16.8 Å². The van der Waals surface area contributed by atoms with E-state index in [0.717, 1.165) is 4.70 Å². The first-order chi connectivity index (χ1) is 11.1. The number of nitrogens with zero attached hydrogens (tertiary/aromatic N) is 5. The fourth-order valence-electron chi connectivity index (χ4n) is 2.65. The predicted molar refractivity (Wildman–Crippen MR) is 83.2 cm³/mol. The summed E-state index contributed by atoms with van der Waals surface area (Å²) in [4.78, 5) is 10.2. The molecule has 3 rings (SSSR count). The van der Waals surface area contributed by atoms with E-state index in [2.05, 4.69) is 19.9 Å². The zero-order chi connectivity index (χ0) is 16.6. The van der Waals surface area contributed by atoms with Crippen molar-refractivity contribution in [1.29, 1.82) is 0 Å². The molecule has 1 aliphatic heterocycles. The lowest BCUT2D eigenvalue weighted by atomic mass is 9.98. The lowest BCUT2D eigenvalue weighted by molar-refractivity contribution is -0.0804. The van der Waals surface area contributed by atoms with Crippen LogP contribution in [0.25, 0.3) is 25.5 Å². The SMILES string of the molecule is [C-]#[N+][C@]1(CO)O[C@@H](c2csc3c(N)ccnc23)C(N=[N+]=[N-])[C@@H]1O. The number of nitrogens with two attached hydrogens (primary N) is 1. The van der Waals surface area contributed by atoms with Crippen LogP contribution in [0, 0.1) is 6.57 Å². The standard InChI is InChI=1S/C13H12N6O3S/c1-16-13(5-20)12(21)9(18-19-15)10(22-13)6-4-23-11-7(14)2-3-17-8(6)11/h2-4,9-10,12,20-21H,5H2,(H2,14,17)/t9?,10-,12-,13+/m0/s1. The minimum Gasteiger partial charge on any atom is -0.397 e. The summed E-state index contributed by atoms with van der Waals surface area (Å²) >= 11 is 1.34. The van der Waals surface area contributed by atoms with Crippen molar-refractivity contribution in [2.75, 3.05) is 12.3 Å². The molecule has 1 aliphatic rings. The molecule has 4 N–H and O–H groups in total. The number of anilines is 1. The van der Waals surface area contributed by atoms with E-state index in [1.807, 2.05) is 0 Å². The molecular weight excluding hydrogens is 320 g/mol. The second kappa shape index (κ2) is 5.66. The number of thiophene rings is 1. The number of hydrogen-bond donors (Lipinski definition) is 3. The fraction of sp³-hybridized carbons (Fsp3) is 0.385. The maximum Gasteiger partial charge on any atom is 0.386 e. The molecule has 0 radical (unpaired) electrons. The summed E-state index contributed by atoms with van der Waals surface area (Å²) in [5.74, 6) is 0. The van der Waals surface area contributed by atoms with Crippen LogP contribution in [0.2, 0.25) is 0 Å². The Kier molecular flexibility index (Phi) is 3.81. The highest BCUT2D eigenvalue weighted by atomic mass is 32.1. The molecule has 0 bridgehead atoms. The monoisotopic (exact) mass is 332 g/mol. The normalized spacial score (nSPS) is 30.0. The summed E-state index contributed by atoms with van der Waals surface area (Å²) in [7, 11) is 0. The van der Waals surface area contributed by atoms with Crippen molar-refractivity contribution in [3.8, 4) is 0 Å². The number of nitrogen functional groups attached to an aromatic ring is 1. The van der Waals surface area contributed by atoms with Crippen molar-refractivity contribution in [2.24, 2.45) is 5.11 Å². The molecule has 2 aromatic heterocycles. The Labute approximate surface area is 134 Å². The summed E-state index contributed by atoms with van der Waals surface area (Å²) in [6.45, 7) is 6.51. The van der Waals surface area contributed by atoms with Crippen molar-refractivity contribution >= 4 is 27.2 Å². The van der Waals surface area contributed by atoms with Gasteiger partial charge in [0.2, 0.25) is 0 Å². The Morgan fingerprint density at radius 2 is 2.39 bits per heavy atom. The van der Waals surface area contributed by atoms with E-state index in [1.54, 1.807) is 11.4 Å². The van der Waals surface area contributed by atoms with E-state index in [-0.39, 0.29) is 0 Å². The van der Waals surface area contributed by atoms with Crippen molar-refractivity contribution in [3.63, 3.8) is 0 Å². The van der Waals surface area contributed by atoms with Crippen LogP contribution >= 0.6 is 11.3 Å². The number of fused-ring (bicyclic) bond motifs is 1. The van der Waals surface area contributed by atoms with Crippen LogP contribution in [0.5, 0.6) is 0 Å². The van der Waals surface area contributed by atoms with E-state index in [9.17, 15) is 10.2 Å². The molecule has 23 heavy (non-hydrogen) atoms. The number of aromatic nitrogens is 1. The smallest absolute Gasteiger partial charge is 0.386 e. The van der Waals surface area contributed by atoms with Gasteiger partial charge in [0.1, 0.15) is 12.1 Å². The third-order valence-corrected chi connectivity index (χ3v) is 4.88. The van der Waals surface area contributed by atoms with Crippen LogP contribution in [-0.2, 0) is 4.74 Å². The number of pyridine rings is 1. The van der Waals surface area contributed by atoms with Gasteiger partial charge in [-0.1, -0.05) is 5.11 Å². The van der Waals surface area contributed by atoms with Gasteiger partial charge in [0, 0.05) is 16.7 Å². The van der Waals surface area contributed by atoms with Crippen molar-refractivity contribution in [1.82, 2.24) is 4.98 Å². The maximum absolute atomic E-state index is 10.3. The van der Waals surface area contributed by atoms with E-state index in [1.165, 1.54) is 17.5 Å². The molecule has 118 valence electrons. The van der Waals surface area contributed by atoms with Gasteiger partial charge in [-0.2, -0.15) is 0 Å². The van der Waals surface area contributed by atoms with Gasteiger partial charge >= 0.3 is 5.72 Å². The highest BCUT2D eigenvalue weighted by molar-refractivity contribution is 7.18. The molecule has 10 heteroatoms. The molecule has 0 spiro atoms. The summed E-state index contributed by atoms with van der Waals surface area (Å²) in [6, 6.07) is 0.608. The first kappa shape index (κ1) is 15.5. The van der Waals surface area contributed by atoms with Gasteiger partial charge < -0.3 is 15.9 Å². The Bertz CT molecular complexity index is 842. The van der Waals surface area contributed by atoms with Gasteiger partial charge in [0.05, 0.1) is 15.9 Å². The number of rotatable bonds is 3. The molecule has 1 saturated heterocycles. The number of ether oxygens (including phenoxy) is 1. The van der Waals surface area contributed by atoms with Crippen LogP contribution in [0.15, 0.2) is 22.8 Å². The number of aliphatic hydroxyl groups excluding tert-OH is 2. The highest BCUT2D eigenvalue weighted by Crippen LogP contribution is 2.46. The summed E-state index contributed by atoms with van der Waals surface area (Å²) in [6.07, 6.45) is -0.817. The van der Waals surface area contributed by atoms with Crippen LogP contribution in [0.1, 0.15) is 11.7 Å². The lowest BCUT2D eigenvalue weighted by Crippen LogP contribution is -2.42. The molecule has 1 unspecified atom stereocenters. The summed E-state index contributed by atoms with van der Waals surface area (Å²) in [5.41, 5.74) is 14.5. The van der Waals surface area contributed by atoms with Crippen LogP contribution in [0.3, 0.4) is 0 Å². The molecule has 3 heterocycles. The third-order valence-electron chi connectivity index (χ3n) is 3.85. The van der Waals surface area contributed by atoms with Gasteiger partial charge in [-0.3, -0.25) is 14.6 Å². The molecule has 1 fully saturated rings. The Hall–Kier alpha value is -2.41. The average molecular weight is 332 g/mol. The minimum atomic E-state index is -1.86. The first-order valence-corrected chi connectivity index (χ1v) is 7.47. The summed E-state index contributed by atoms with van der Waals surface area (Å²) < 4.78 is 6.36. The van der Waals surface area contributed by atoms with E-state index in [4.69, 9.17) is 22.6 Å². The molecule has 0 aromatic carbocycles. The van der Waals surface area contributed by atoms with Crippen molar-refractivity contribution < 1.29 is 14.9 Å². The Balaban J connectivity index is 2.15. The van der Waals surface area contributed by atoms with Crippen LogP contribution in [0.4, 0.5) is 5.69 Å². The molecular formula is C13H12N6O3S. The van der Waals surface area contributed by atoms with Crippen molar-refractivity contribution in [3.05, 3.63) is 45.1 Å². The summed E-state index contributed by atoms with van der Waals surface area (Å²) in [5, 5.41) is 25.1. The quantitative estimate of drug-likeness (QED) is 0.339. The van der Waals surface area contributed by atoms with Crippen molar-refractivity contribution in [2.45, 2.75) is 24.0 Å². The second-order valence-electron chi connectivity index (χ2n) is 5.06. The third kappa shape index (κ3) is 2.19. The Morgan fingerprint density at radius 1 is 1.61 bits per heavy atom. The zero-order valence-corrected chi connectivity index (χ0v) is 12.5. The average Bonchev–Trinajstić information content (AvgIpc) is 3.10. The first-order valence-electron chi connectivity index (χ1n) is 6.59. The number of aliphatic hydroxyl groups is 2. The molecule has 0 aliphatic carbocycles. The molecule has 2 aromatic rings. The number of azide groups is 1. The van der Waals surface area contributed by atoms with Crippen LogP contribution in [-0.4, -0.2) is 39.7 Å². The maximum atomic E-state index is 10.3. The Morgan fingerprint density at radius 3 is 3.04 bits per heavy atom.